The second kappa shape index (κ2) is 3.34. The first-order valence-electron chi connectivity index (χ1n) is 3.37. The van der Waals surface area contributed by atoms with Gasteiger partial charge in [0, 0.05) is 9.13 Å². The topological polar surface area (TPSA) is 17.1 Å². The second-order valence-corrected chi connectivity index (χ2v) is 3.80. The van der Waals surface area contributed by atoms with E-state index in [2.05, 4.69) is 28.7 Å². The first kappa shape index (κ1) is 8.71. The summed E-state index contributed by atoms with van der Waals surface area (Å²) in [5, 5.41) is 0. The molecule has 0 atom stereocenters. The molecule has 1 aromatic rings. The van der Waals surface area contributed by atoms with Gasteiger partial charge in [0.1, 0.15) is 6.29 Å². The highest BCUT2D eigenvalue weighted by molar-refractivity contribution is 14.1. The Balaban J connectivity index is 3.35. The van der Waals surface area contributed by atoms with Gasteiger partial charge in [-0.1, -0.05) is 0 Å². The number of carbonyl (C=O) groups is 1. The zero-order valence-electron chi connectivity index (χ0n) is 6.52. The van der Waals surface area contributed by atoms with Crippen LogP contribution >= 0.6 is 22.6 Å². The molecule has 0 unspecified atom stereocenters. The molecule has 0 aromatic heterocycles. The summed E-state index contributed by atoms with van der Waals surface area (Å²) in [5.41, 5.74) is 3.06. The summed E-state index contributed by atoms with van der Waals surface area (Å²) in [6, 6.07) is 3.97. The molecule has 0 radical (unpaired) electrons. The Bertz CT molecular complexity index is 292. The molecule has 0 fully saturated rings. The molecule has 0 aliphatic rings. The number of hydrogen-bond acceptors (Lipinski definition) is 1. The molecular formula is C9H9IO. The van der Waals surface area contributed by atoms with Gasteiger partial charge in [-0.15, -0.1) is 0 Å². The van der Waals surface area contributed by atoms with E-state index < -0.39 is 0 Å². The lowest BCUT2D eigenvalue weighted by Gasteiger charge is -2.02. The fourth-order valence-corrected chi connectivity index (χ4v) is 1.77. The lowest BCUT2D eigenvalue weighted by atomic mass is 10.1. The molecule has 0 aliphatic carbocycles. The van der Waals surface area contributed by atoms with Gasteiger partial charge in [0.25, 0.3) is 0 Å². The normalized spacial score (nSPS) is 9.73. The Hall–Kier alpha value is -0.380. The Kier molecular flexibility index (Phi) is 2.65. The highest BCUT2D eigenvalue weighted by atomic mass is 127. The van der Waals surface area contributed by atoms with E-state index in [0.717, 1.165) is 21.0 Å². The maximum absolute atomic E-state index is 10.5. The number of carbonyl (C=O) groups excluding carboxylic acids is 1. The Morgan fingerprint density at radius 1 is 1.36 bits per heavy atom. The van der Waals surface area contributed by atoms with E-state index in [9.17, 15) is 4.79 Å². The van der Waals surface area contributed by atoms with Crippen LogP contribution in [-0.2, 0) is 0 Å². The van der Waals surface area contributed by atoms with Gasteiger partial charge in [0.05, 0.1) is 0 Å². The van der Waals surface area contributed by atoms with Crippen molar-refractivity contribution in [1.29, 1.82) is 0 Å². The fourth-order valence-electron chi connectivity index (χ4n) is 0.964. The number of rotatable bonds is 1. The molecule has 0 amide bonds. The summed E-state index contributed by atoms with van der Waals surface area (Å²) in [6.45, 7) is 3.99. The summed E-state index contributed by atoms with van der Waals surface area (Å²) < 4.78 is 1.12. The summed E-state index contributed by atoms with van der Waals surface area (Å²) in [6.07, 6.45) is 0.907. The molecule has 0 N–H and O–H groups in total. The number of halogens is 1. The predicted molar refractivity (Wildman–Crippen MR) is 54.0 cm³/mol. The zero-order valence-corrected chi connectivity index (χ0v) is 8.68. The monoisotopic (exact) mass is 260 g/mol. The highest BCUT2D eigenvalue weighted by Gasteiger charge is 2.00. The van der Waals surface area contributed by atoms with Crippen LogP contribution in [-0.4, -0.2) is 6.29 Å². The molecule has 1 aromatic carbocycles. The number of aldehydes is 1. The van der Waals surface area contributed by atoms with E-state index in [0.29, 0.717) is 0 Å². The second-order valence-electron chi connectivity index (χ2n) is 2.55. The van der Waals surface area contributed by atoms with Crippen LogP contribution in [0, 0.1) is 17.4 Å². The molecule has 1 rings (SSSR count). The van der Waals surface area contributed by atoms with E-state index in [-0.39, 0.29) is 0 Å². The van der Waals surface area contributed by atoms with Crippen LogP contribution < -0.4 is 0 Å². The standard InChI is InChI=1S/C9H9IO/c1-6-3-9(10)4-8(5-11)7(6)2/h3-5H,1-2H3. The van der Waals surface area contributed by atoms with Gasteiger partial charge in [0.15, 0.2) is 0 Å². The molecule has 0 saturated heterocycles. The van der Waals surface area contributed by atoms with Crippen molar-refractivity contribution in [3.05, 3.63) is 32.4 Å². The molecule has 0 heterocycles. The van der Waals surface area contributed by atoms with Crippen molar-refractivity contribution in [3.63, 3.8) is 0 Å². The number of benzene rings is 1. The van der Waals surface area contributed by atoms with Gasteiger partial charge in [-0.25, -0.2) is 0 Å². The van der Waals surface area contributed by atoms with Gasteiger partial charge in [0.2, 0.25) is 0 Å². The summed E-state index contributed by atoms with van der Waals surface area (Å²) in [5.74, 6) is 0. The third-order valence-corrected chi connectivity index (χ3v) is 2.42. The van der Waals surface area contributed by atoms with E-state index in [1.54, 1.807) is 0 Å². The summed E-state index contributed by atoms with van der Waals surface area (Å²) in [4.78, 5) is 10.5. The van der Waals surface area contributed by atoms with Crippen molar-refractivity contribution < 1.29 is 4.79 Å². The van der Waals surface area contributed by atoms with Crippen LogP contribution in [0.5, 0.6) is 0 Å². The van der Waals surface area contributed by atoms with Crippen LogP contribution in [0.4, 0.5) is 0 Å². The van der Waals surface area contributed by atoms with E-state index in [4.69, 9.17) is 0 Å². The zero-order chi connectivity index (χ0) is 8.43. The van der Waals surface area contributed by atoms with E-state index in [1.165, 1.54) is 5.56 Å². The maximum atomic E-state index is 10.5. The minimum absolute atomic E-state index is 0.800. The van der Waals surface area contributed by atoms with Crippen LogP contribution in [0.15, 0.2) is 12.1 Å². The molecule has 2 heteroatoms. The molecule has 11 heavy (non-hydrogen) atoms. The van der Waals surface area contributed by atoms with Gasteiger partial charge in [-0.05, 0) is 59.7 Å². The van der Waals surface area contributed by atoms with Gasteiger partial charge in [-0.3, -0.25) is 4.79 Å². The lowest BCUT2D eigenvalue weighted by Crippen LogP contribution is -1.91. The Morgan fingerprint density at radius 2 is 2.00 bits per heavy atom. The van der Waals surface area contributed by atoms with Crippen molar-refractivity contribution in [2.45, 2.75) is 13.8 Å². The third-order valence-electron chi connectivity index (χ3n) is 1.80. The summed E-state index contributed by atoms with van der Waals surface area (Å²) in [7, 11) is 0. The molecule has 0 aliphatic heterocycles. The Morgan fingerprint density at radius 3 is 2.55 bits per heavy atom. The molecule has 58 valence electrons. The highest BCUT2D eigenvalue weighted by Crippen LogP contribution is 2.15. The average molecular weight is 260 g/mol. The number of aryl methyl sites for hydroxylation is 1. The molecule has 0 saturated carbocycles. The fraction of sp³-hybridized carbons (Fsp3) is 0.222. The van der Waals surface area contributed by atoms with Crippen LogP contribution in [0.25, 0.3) is 0 Å². The van der Waals surface area contributed by atoms with Crippen molar-refractivity contribution >= 4 is 28.9 Å². The van der Waals surface area contributed by atoms with Gasteiger partial charge in [-0.2, -0.15) is 0 Å². The van der Waals surface area contributed by atoms with E-state index >= 15 is 0 Å². The molecule has 0 spiro atoms. The largest absolute Gasteiger partial charge is 0.298 e. The first-order chi connectivity index (χ1) is 5.15. The van der Waals surface area contributed by atoms with Gasteiger partial charge < -0.3 is 0 Å². The smallest absolute Gasteiger partial charge is 0.150 e. The molecule has 0 bridgehead atoms. The number of hydrogen-bond donors (Lipinski definition) is 0. The first-order valence-corrected chi connectivity index (χ1v) is 4.45. The lowest BCUT2D eigenvalue weighted by molar-refractivity contribution is 0.112. The van der Waals surface area contributed by atoms with Crippen molar-refractivity contribution in [2.75, 3.05) is 0 Å². The molecular weight excluding hydrogens is 251 g/mol. The predicted octanol–water partition coefficient (Wildman–Crippen LogP) is 2.72. The van der Waals surface area contributed by atoms with Gasteiger partial charge >= 0.3 is 0 Å². The average Bonchev–Trinajstić information content (AvgIpc) is 1.96. The van der Waals surface area contributed by atoms with Crippen LogP contribution in [0.2, 0.25) is 0 Å². The molecule has 1 nitrogen and oxygen atoms in total. The SMILES string of the molecule is Cc1cc(I)cc(C=O)c1C. The summed E-state index contributed by atoms with van der Waals surface area (Å²) >= 11 is 2.21. The van der Waals surface area contributed by atoms with E-state index in [1.807, 2.05) is 19.9 Å². The minimum Gasteiger partial charge on any atom is -0.298 e. The quantitative estimate of drug-likeness (QED) is 0.560. The van der Waals surface area contributed by atoms with Crippen molar-refractivity contribution in [2.24, 2.45) is 0 Å². The van der Waals surface area contributed by atoms with Crippen molar-refractivity contribution in [3.8, 4) is 0 Å². The van der Waals surface area contributed by atoms with Crippen LogP contribution in [0.1, 0.15) is 21.5 Å². The minimum atomic E-state index is 0.800. The third kappa shape index (κ3) is 1.80. The van der Waals surface area contributed by atoms with Crippen LogP contribution in [0.3, 0.4) is 0 Å². The maximum Gasteiger partial charge on any atom is 0.150 e. The Labute approximate surface area is 79.9 Å². The van der Waals surface area contributed by atoms with Crippen molar-refractivity contribution in [1.82, 2.24) is 0 Å².